The quantitative estimate of drug-likeness (QED) is 0.795. The van der Waals surface area contributed by atoms with Crippen molar-refractivity contribution in [3.8, 4) is 5.75 Å². The molecule has 0 aliphatic heterocycles. The zero-order chi connectivity index (χ0) is 11.6. The van der Waals surface area contributed by atoms with E-state index in [9.17, 15) is 18.0 Å². The summed E-state index contributed by atoms with van der Waals surface area (Å²) < 4.78 is 41.1. The molecule has 1 aromatic rings. The summed E-state index contributed by atoms with van der Waals surface area (Å²) in [4.78, 5) is 10.9. The number of benzene rings is 1. The molecule has 1 rings (SSSR count). The third-order valence-electron chi connectivity index (χ3n) is 1.62. The van der Waals surface area contributed by atoms with Gasteiger partial charge in [-0.1, -0.05) is 0 Å². The Morgan fingerprint density at radius 1 is 1.47 bits per heavy atom. The fourth-order valence-corrected chi connectivity index (χ4v) is 1.39. The van der Waals surface area contributed by atoms with Crippen LogP contribution in [0.5, 0.6) is 5.75 Å². The Bertz CT molecular complexity index is 393. The summed E-state index contributed by atoms with van der Waals surface area (Å²) in [7, 11) is 0. The second kappa shape index (κ2) is 4.65. The van der Waals surface area contributed by atoms with Crippen molar-refractivity contribution in [3.05, 3.63) is 28.0 Å². The number of ether oxygens (including phenoxy) is 1. The Hall–Kier alpha value is -1.04. The second-order valence-corrected chi connectivity index (χ2v) is 3.55. The smallest absolute Gasteiger partial charge is 0.387 e. The highest BCUT2D eigenvalue weighted by molar-refractivity contribution is 9.10. The first kappa shape index (κ1) is 12.0. The van der Waals surface area contributed by atoms with Crippen molar-refractivity contribution in [2.45, 2.75) is 13.5 Å². The van der Waals surface area contributed by atoms with Gasteiger partial charge in [-0.15, -0.1) is 0 Å². The maximum absolute atomic E-state index is 13.1. The van der Waals surface area contributed by atoms with E-state index in [1.807, 2.05) is 0 Å². The monoisotopic (exact) mass is 282 g/mol. The van der Waals surface area contributed by atoms with Gasteiger partial charge in [-0.25, -0.2) is 4.39 Å². The molecule has 0 unspecified atom stereocenters. The molecular formula is C9H6BrF3O2. The molecule has 2 nitrogen and oxygen atoms in total. The van der Waals surface area contributed by atoms with Crippen LogP contribution in [0.25, 0.3) is 0 Å². The van der Waals surface area contributed by atoms with Gasteiger partial charge in [0.25, 0.3) is 0 Å². The van der Waals surface area contributed by atoms with E-state index in [1.165, 1.54) is 0 Å². The topological polar surface area (TPSA) is 26.3 Å². The fraction of sp³-hybridized carbons (Fsp3) is 0.222. The zero-order valence-electron chi connectivity index (χ0n) is 7.56. The van der Waals surface area contributed by atoms with Crippen molar-refractivity contribution in [2.24, 2.45) is 0 Å². The van der Waals surface area contributed by atoms with Crippen LogP contribution in [0.3, 0.4) is 0 Å². The largest absolute Gasteiger partial charge is 0.434 e. The molecule has 0 heterocycles. The minimum Gasteiger partial charge on any atom is -0.434 e. The Kier molecular flexibility index (Phi) is 3.73. The van der Waals surface area contributed by atoms with Crippen LogP contribution in [0, 0.1) is 5.82 Å². The lowest BCUT2D eigenvalue weighted by molar-refractivity contribution is -0.0504. The molecule has 0 spiro atoms. The number of alkyl halides is 2. The summed E-state index contributed by atoms with van der Waals surface area (Å²) in [6.07, 6.45) is 0. The van der Waals surface area contributed by atoms with E-state index >= 15 is 0 Å². The lowest BCUT2D eigenvalue weighted by atomic mass is 10.1. The number of halogens is 4. The Morgan fingerprint density at radius 2 is 2.07 bits per heavy atom. The summed E-state index contributed by atoms with van der Waals surface area (Å²) in [5.41, 5.74) is -0.283. The van der Waals surface area contributed by atoms with Crippen molar-refractivity contribution in [3.63, 3.8) is 0 Å². The van der Waals surface area contributed by atoms with Gasteiger partial charge in [0.05, 0.1) is 10.0 Å². The first-order valence-corrected chi connectivity index (χ1v) is 4.66. The van der Waals surface area contributed by atoms with Crippen molar-refractivity contribution in [2.75, 3.05) is 0 Å². The van der Waals surface area contributed by atoms with Crippen LogP contribution < -0.4 is 4.74 Å². The average molecular weight is 283 g/mol. The summed E-state index contributed by atoms with van der Waals surface area (Å²) in [5, 5.41) is 0. The molecule has 0 saturated carbocycles. The van der Waals surface area contributed by atoms with Gasteiger partial charge in [0.2, 0.25) is 0 Å². The van der Waals surface area contributed by atoms with Crippen LogP contribution in [0.1, 0.15) is 17.3 Å². The molecular weight excluding hydrogens is 277 g/mol. The van der Waals surface area contributed by atoms with E-state index in [-0.39, 0.29) is 15.8 Å². The maximum atomic E-state index is 13.1. The lowest BCUT2D eigenvalue weighted by Gasteiger charge is -2.08. The predicted molar refractivity (Wildman–Crippen MR) is 50.7 cm³/mol. The summed E-state index contributed by atoms with van der Waals surface area (Å²) in [6, 6.07) is 1.85. The van der Waals surface area contributed by atoms with E-state index in [0.717, 1.165) is 19.1 Å². The minimum atomic E-state index is -3.02. The van der Waals surface area contributed by atoms with Gasteiger partial charge >= 0.3 is 6.61 Å². The van der Waals surface area contributed by atoms with Gasteiger partial charge in [-0.2, -0.15) is 8.78 Å². The number of ketones is 1. The first-order valence-electron chi connectivity index (χ1n) is 3.86. The number of carbonyl (C=O) groups excluding carboxylic acids is 1. The van der Waals surface area contributed by atoms with Crippen LogP contribution >= 0.6 is 15.9 Å². The molecule has 0 saturated heterocycles. The predicted octanol–water partition coefficient (Wildman–Crippen LogP) is 3.39. The molecule has 0 amide bonds. The number of hydrogen-bond donors (Lipinski definition) is 0. The van der Waals surface area contributed by atoms with Crippen molar-refractivity contribution < 1.29 is 22.7 Å². The molecule has 0 bridgehead atoms. The molecule has 15 heavy (non-hydrogen) atoms. The van der Waals surface area contributed by atoms with Crippen LogP contribution in [-0.4, -0.2) is 12.4 Å². The summed E-state index contributed by atoms with van der Waals surface area (Å²) in [6.45, 7) is -1.88. The normalized spacial score (nSPS) is 10.5. The third-order valence-corrected chi connectivity index (χ3v) is 2.24. The number of hydrogen-bond acceptors (Lipinski definition) is 2. The average Bonchev–Trinajstić information content (AvgIpc) is 2.08. The highest BCUT2D eigenvalue weighted by Crippen LogP contribution is 2.29. The van der Waals surface area contributed by atoms with Crippen LogP contribution in [0.4, 0.5) is 13.2 Å². The highest BCUT2D eigenvalue weighted by Gasteiger charge is 2.15. The van der Waals surface area contributed by atoms with Crippen molar-refractivity contribution in [1.82, 2.24) is 0 Å². The molecule has 0 aromatic heterocycles. The van der Waals surface area contributed by atoms with Crippen molar-refractivity contribution >= 4 is 21.7 Å². The molecule has 0 fully saturated rings. The lowest BCUT2D eigenvalue weighted by Crippen LogP contribution is -2.05. The van der Waals surface area contributed by atoms with Gasteiger partial charge in [0.15, 0.2) is 5.78 Å². The van der Waals surface area contributed by atoms with Gasteiger partial charge in [0, 0.05) is 0 Å². The molecule has 0 radical (unpaired) electrons. The number of carbonyl (C=O) groups is 1. The van der Waals surface area contributed by atoms with Crippen LogP contribution in [-0.2, 0) is 0 Å². The Morgan fingerprint density at radius 3 is 2.53 bits per heavy atom. The summed E-state index contributed by atoms with van der Waals surface area (Å²) >= 11 is 2.85. The van der Waals surface area contributed by atoms with E-state index in [0.29, 0.717) is 0 Å². The number of rotatable bonds is 3. The molecule has 0 atom stereocenters. The highest BCUT2D eigenvalue weighted by atomic mass is 79.9. The van der Waals surface area contributed by atoms with Gasteiger partial charge < -0.3 is 4.74 Å². The zero-order valence-corrected chi connectivity index (χ0v) is 9.15. The Balaban J connectivity index is 3.17. The molecule has 1 aromatic carbocycles. The van der Waals surface area contributed by atoms with Gasteiger partial charge in [-0.05, 0) is 35.0 Å². The van der Waals surface area contributed by atoms with Gasteiger partial charge in [-0.3, -0.25) is 4.79 Å². The summed E-state index contributed by atoms with van der Waals surface area (Å²) in [5.74, 6) is -1.60. The molecule has 82 valence electrons. The van der Waals surface area contributed by atoms with Crippen LogP contribution in [0.2, 0.25) is 0 Å². The molecule has 0 aliphatic carbocycles. The maximum Gasteiger partial charge on any atom is 0.387 e. The first-order chi connectivity index (χ1) is 6.91. The van der Waals surface area contributed by atoms with E-state index < -0.39 is 18.2 Å². The molecule has 0 N–H and O–H groups in total. The van der Waals surface area contributed by atoms with E-state index in [4.69, 9.17) is 0 Å². The van der Waals surface area contributed by atoms with Crippen LogP contribution in [0.15, 0.2) is 16.6 Å². The third kappa shape index (κ3) is 2.95. The second-order valence-electron chi connectivity index (χ2n) is 2.70. The fourth-order valence-electron chi connectivity index (χ4n) is 0.985. The minimum absolute atomic E-state index is 0.0327. The standard InChI is InChI=1S/C9H6BrF3O2/c1-4(14)5-2-8(15-9(12)13)6(10)3-7(5)11/h2-3,9H,1H3. The number of Topliss-reactive ketones (excluding diaryl/α,β-unsaturated/α-hetero) is 1. The van der Waals surface area contributed by atoms with E-state index in [1.54, 1.807) is 0 Å². The van der Waals surface area contributed by atoms with E-state index in [2.05, 4.69) is 20.7 Å². The van der Waals surface area contributed by atoms with Crippen molar-refractivity contribution in [1.29, 1.82) is 0 Å². The van der Waals surface area contributed by atoms with Gasteiger partial charge in [0.1, 0.15) is 11.6 Å². The molecule has 6 heteroatoms. The molecule has 0 aliphatic rings. The Labute approximate surface area is 92.2 Å². The SMILES string of the molecule is CC(=O)c1cc(OC(F)F)c(Br)cc1F.